The van der Waals surface area contributed by atoms with Gasteiger partial charge in [0.05, 0.1) is 0 Å². The summed E-state index contributed by atoms with van der Waals surface area (Å²) < 4.78 is 12.8. The number of benzene rings is 4. The number of hydrogen-bond donors (Lipinski definition) is 2. The van der Waals surface area contributed by atoms with Gasteiger partial charge in [0.25, 0.3) is 0 Å². The molecule has 4 rings (SSSR count). The van der Waals surface area contributed by atoms with Gasteiger partial charge in [-0.25, -0.2) is 0 Å². The first-order valence-corrected chi connectivity index (χ1v) is 23.5. The molecule has 0 amide bonds. The van der Waals surface area contributed by atoms with Crippen LogP contribution in [0, 0.1) is 33.1 Å². The number of esters is 2. The average molecular weight is 861 g/mol. The Morgan fingerprint density at radius 2 is 0.810 bits per heavy atom. The highest BCUT2D eigenvalue weighted by molar-refractivity contribution is 6.02. The molecule has 4 aromatic carbocycles. The van der Waals surface area contributed by atoms with Gasteiger partial charge in [0.15, 0.2) is 5.41 Å². The molecule has 0 heterocycles. The van der Waals surface area contributed by atoms with Gasteiger partial charge in [-0.15, -0.1) is 0 Å². The summed E-state index contributed by atoms with van der Waals surface area (Å²) in [5, 5.41) is 22.9. The quantitative estimate of drug-likeness (QED) is 0.0448. The van der Waals surface area contributed by atoms with Crippen molar-refractivity contribution in [2.24, 2.45) is 5.41 Å². The molecular weight excluding hydrogens is 781 g/mol. The van der Waals surface area contributed by atoms with Crippen LogP contribution in [0.25, 0.3) is 0 Å². The fourth-order valence-corrected chi connectivity index (χ4v) is 8.82. The molecule has 0 aliphatic rings. The maximum absolute atomic E-state index is 15.5. The molecule has 0 aromatic heterocycles. The Morgan fingerprint density at radius 3 is 1.10 bits per heavy atom. The molecule has 0 spiro atoms. The number of phenolic OH excluding ortho intramolecular Hbond substituents is 2. The molecule has 0 radical (unpaired) electrons. The van der Waals surface area contributed by atoms with Crippen molar-refractivity contribution >= 4 is 11.9 Å². The Morgan fingerprint density at radius 1 is 0.492 bits per heavy atom. The lowest BCUT2D eigenvalue weighted by Gasteiger charge is -2.33. The van der Waals surface area contributed by atoms with Crippen molar-refractivity contribution in [3.05, 3.63) is 116 Å². The summed E-state index contributed by atoms with van der Waals surface area (Å²) in [6, 6.07) is 19.3. The van der Waals surface area contributed by atoms with Crippen LogP contribution in [0.1, 0.15) is 190 Å². The topological polar surface area (TPSA) is 93.1 Å². The van der Waals surface area contributed by atoms with E-state index in [2.05, 4.69) is 41.5 Å². The maximum Gasteiger partial charge on any atom is 0.329 e. The van der Waals surface area contributed by atoms with E-state index in [4.69, 9.17) is 9.47 Å². The van der Waals surface area contributed by atoms with Gasteiger partial charge in [-0.1, -0.05) is 158 Å². The first-order chi connectivity index (χ1) is 29.2. The van der Waals surface area contributed by atoms with E-state index in [9.17, 15) is 10.2 Å². The maximum atomic E-state index is 15.5. The van der Waals surface area contributed by atoms with Gasteiger partial charge in [-0.05, 0) is 155 Å². The highest BCUT2D eigenvalue weighted by Crippen LogP contribution is 2.44. The Kier molecular flexibility index (Phi) is 16.3. The largest absolute Gasteiger partial charge is 0.507 e. The molecule has 0 aliphatic carbocycles. The molecule has 2 N–H and O–H groups in total. The minimum atomic E-state index is -1.91. The third-order valence-electron chi connectivity index (χ3n) is 13.8. The summed E-state index contributed by atoms with van der Waals surface area (Å²) in [4.78, 5) is 31.0. The smallest absolute Gasteiger partial charge is 0.329 e. The average Bonchev–Trinajstić information content (AvgIpc) is 3.20. The predicted molar refractivity (Wildman–Crippen MR) is 261 cm³/mol. The second-order valence-corrected chi connectivity index (χ2v) is 21.8. The molecule has 0 bridgehead atoms. The fourth-order valence-electron chi connectivity index (χ4n) is 8.82. The zero-order valence-corrected chi connectivity index (χ0v) is 41.9. The first kappa shape index (κ1) is 51.1. The lowest BCUT2D eigenvalue weighted by Crippen LogP contribution is -2.48. The summed E-state index contributed by atoms with van der Waals surface area (Å²) in [6.45, 7) is 33.2. The van der Waals surface area contributed by atoms with Gasteiger partial charge in [-0.2, -0.15) is 0 Å². The Labute approximate surface area is 381 Å². The van der Waals surface area contributed by atoms with Crippen molar-refractivity contribution in [1.82, 2.24) is 0 Å². The van der Waals surface area contributed by atoms with Gasteiger partial charge >= 0.3 is 11.9 Å². The molecule has 0 aliphatic heterocycles. The number of hydrogen-bond acceptors (Lipinski definition) is 6. The van der Waals surface area contributed by atoms with E-state index in [-0.39, 0.29) is 35.2 Å². The summed E-state index contributed by atoms with van der Waals surface area (Å²) in [6.07, 6.45) is 8.87. The number of carbonyl (C=O) groups excluding carboxylic acids is 2. The van der Waals surface area contributed by atoms with Crippen molar-refractivity contribution in [1.29, 1.82) is 0 Å². The van der Waals surface area contributed by atoms with E-state index >= 15 is 9.59 Å². The van der Waals surface area contributed by atoms with E-state index in [1.807, 2.05) is 130 Å². The van der Waals surface area contributed by atoms with Crippen molar-refractivity contribution in [2.45, 2.75) is 197 Å². The Hall–Kier alpha value is -4.58. The van der Waals surface area contributed by atoms with Gasteiger partial charge in [-0.3, -0.25) is 9.59 Å². The van der Waals surface area contributed by atoms with E-state index in [1.165, 1.54) is 12.8 Å². The molecule has 6 nitrogen and oxygen atoms in total. The molecule has 4 aromatic rings. The van der Waals surface area contributed by atoms with E-state index < -0.39 is 28.2 Å². The minimum absolute atomic E-state index is 0.0595. The van der Waals surface area contributed by atoms with Crippen LogP contribution in [0.15, 0.2) is 60.7 Å². The molecule has 63 heavy (non-hydrogen) atoms. The SMILES string of the molecule is CCCCCC(C)(C)c1ccc(OC(=O)C(Cc2cc(C(C)(C)C)c(O)c(C)c2C)(Cc2cc(C(C)(C)C)c(O)c(C)c2C)C(=O)Oc2ccc(C(C)(C)CCCCC)cc2)cc1. The first-order valence-electron chi connectivity index (χ1n) is 23.5. The third kappa shape index (κ3) is 12.0. The molecule has 0 fully saturated rings. The zero-order chi connectivity index (χ0) is 47.3. The van der Waals surface area contributed by atoms with Gasteiger partial charge in [0.2, 0.25) is 0 Å². The molecule has 344 valence electrons. The van der Waals surface area contributed by atoms with Gasteiger partial charge in [0, 0.05) is 0 Å². The molecular formula is C57H80O6. The van der Waals surface area contributed by atoms with Crippen LogP contribution in [0.4, 0.5) is 0 Å². The van der Waals surface area contributed by atoms with Crippen molar-refractivity contribution < 1.29 is 29.3 Å². The zero-order valence-electron chi connectivity index (χ0n) is 41.9. The van der Waals surface area contributed by atoms with E-state index in [0.717, 1.165) is 83.0 Å². The summed E-state index contributed by atoms with van der Waals surface area (Å²) in [7, 11) is 0. The fraction of sp³-hybridized carbons (Fsp3) is 0.544. The van der Waals surface area contributed by atoms with Crippen molar-refractivity contribution in [2.75, 3.05) is 0 Å². The molecule has 6 heteroatoms. The molecule has 0 saturated heterocycles. The van der Waals surface area contributed by atoms with Crippen LogP contribution in [0.2, 0.25) is 0 Å². The van der Waals surface area contributed by atoms with Crippen LogP contribution >= 0.6 is 0 Å². The lowest BCUT2D eigenvalue weighted by atomic mass is 9.72. The van der Waals surface area contributed by atoms with Crippen molar-refractivity contribution in [3.8, 4) is 23.0 Å². The van der Waals surface area contributed by atoms with Crippen molar-refractivity contribution in [3.63, 3.8) is 0 Å². The number of unbranched alkanes of at least 4 members (excludes halogenated alkanes) is 4. The lowest BCUT2D eigenvalue weighted by molar-refractivity contribution is -0.161. The van der Waals surface area contributed by atoms with Crippen LogP contribution in [-0.2, 0) is 44.1 Å². The van der Waals surface area contributed by atoms with Crippen LogP contribution in [0.3, 0.4) is 0 Å². The second kappa shape index (κ2) is 20.1. The summed E-state index contributed by atoms with van der Waals surface area (Å²) in [5.74, 6) is -0.391. The Balaban J connectivity index is 1.98. The third-order valence-corrected chi connectivity index (χ3v) is 13.8. The highest BCUT2D eigenvalue weighted by atomic mass is 16.6. The van der Waals surface area contributed by atoms with Crippen LogP contribution in [-0.4, -0.2) is 22.2 Å². The molecule has 0 unspecified atom stereocenters. The van der Waals surface area contributed by atoms with Gasteiger partial charge in [0.1, 0.15) is 23.0 Å². The van der Waals surface area contributed by atoms with Crippen LogP contribution < -0.4 is 9.47 Å². The van der Waals surface area contributed by atoms with Gasteiger partial charge < -0.3 is 19.7 Å². The second-order valence-electron chi connectivity index (χ2n) is 21.8. The number of phenols is 2. The number of ether oxygens (including phenoxy) is 2. The number of rotatable bonds is 18. The normalized spacial score (nSPS) is 12.7. The highest BCUT2D eigenvalue weighted by Gasteiger charge is 2.51. The van der Waals surface area contributed by atoms with E-state index in [0.29, 0.717) is 22.6 Å². The minimum Gasteiger partial charge on any atom is -0.507 e. The molecule has 0 atom stereocenters. The van der Waals surface area contributed by atoms with Crippen LogP contribution in [0.5, 0.6) is 23.0 Å². The molecule has 0 saturated carbocycles. The number of aromatic hydroxyl groups is 2. The summed E-state index contributed by atoms with van der Waals surface area (Å²) in [5.41, 5.74) is 5.23. The predicted octanol–water partition coefficient (Wildman–Crippen LogP) is 14.6. The standard InChI is InChI=1S/C57H80O6/c1-17-19-21-31-55(13,14)43-23-27-45(28-24-43)62-51(60)57(35-41-33-47(53(7,8)9)49(58)39(5)37(41)3,36-42-34-48(54(10,11)12)50(59)40(6)38(42)4)52(61)63-46-29-25-44(26-30-46)56(15,16)32-22-20-18-2/h23-30,33-34,58-59H,17-22,31-32,35-36H2,1-16H3. The van der Waals surface area contributed by atoms with E-state index in [1.54, 1.807) is 0 Å². The Bertz CT molecular complexity index is 2050. The monoisotopic (exact) mass is 861 g/mol. The summed E-state index contributed by atoms with van der Waals surface area (Å²) >= 11 is 0. The number of carbonyl (C=O) groups is 2.